The zero-order valence-electron chi connectivity index (χ0n) is 9.74. The predicted octanol–water partition coefficient (Wildman–Crippen LogP) is 0.894. The Kier molecular flexibility index (Phi) is 5.79. The van der Waals surface area contributed by atoms with Crippen molar-refractivity contribution in [3.63, 3.8) is 0 Å². The number of nitrogens with one attached hydrogen (secondary N) is 1. The summed E-state index contributed by atoms with van der Waals surface area (Å²) in [6.45, 7) is 4.59. The molecule has 1 saturated heterocycles. The van der Waals surface area contributed by atoms with E-state index in [4.69, 9.17) is 5.11 Å². The van der Waals surface area contributed by atoms with Gasteiger partial charge in [-0.2, -0.15) is 0 Å². The standard InChI is InChI=1S/C11H23NO2S/c1-9(2)11(3-6-13)12-10-4-7-15(14)8-5-10/h9-13H,3-8H2,1-2H3. The van der Waals surface area contributed by atoms with Crippen LogP contribution < -0.4 is 5.32 Å². The maximum Gasteiger partial charge on any atom is 0.0445 e. The van der Waals surface area contributed by atoms with Crippen LogP contribution in [0.1, 0.15) is 33.1 Å². The van der Waals surface area contributed by atoms with Crippen molar-refractivity contribution >= 4 is 10.8 Å². The van der Waals surface area contributed by atoms with Crippen LogP contribution in [-0.4, -0.2) is 39.5 Å². The van der Waals surface area contributed by atoms with Crippen LogP contribution in [0.4, 0.5) is 0 Å². The molecule has 2 N–H and O–H groups in total. The monoisotopic (exact) mass is 233 g/mol. The van der Waals surface area contributed by atoms with Crippen molar-refractivity contribution in [2.24, 2.45) is 5.92 Å². The van der Waals surface area contributed by atoms with Gasteiger partial charge in [-0.25, -0.2) is 0 Å². The van der Waals surface area contributed by atoms with Crippen LogP contribution in [0.5, 0.6) is 0 Å². The third-order valence-electron chi connectivity index (χ3n) is 3.08. The first kappa shape index (κ1) is 13.1. The number of hydrogen-bond donors (Lipinski definition) is 2. The molecule has 90 valence electrons. The van der Waals surface area contributed by atoms with Crippen LogP contribution in [0.2, 0.25) is 0 Å². The zero-order valence-corrected chi connectivity index (χ0v) is 10.6. The van der Waals surface area contributed by atoms with E-state index in [1.807, 2.05) is 0 Å². The van der Waals surface area contributed by atoms with Gasteiger partial charge in [-0.15, -0.1) is 0 Å². The molecule has 1 fully saturated rings. The Bertz CT molecular complexity index is 199. The summed E-state index contributed by atoms with van der Waals surface area (Å²) in [5, 5.41) is 12.6. The number of aliphatic hydroxyl groups excluding tert-OH is 1. The Morgan fingerprint density at radius 3 is 2.47 bits per heavy atom. The Morgan fingerprint density at radius 1 is 1.40 bits per heavy atom. The summed E-state index contributed by atoms with van der Waals surface area (Å²) in [6.07, 6.45) is 2.85. The lowest BCUT2D eigenvalue weighted by atomic mass is 9.99. The quantitative estimate of drug-likeness (QED) is 0.741. The second-order valence-electron chi connectivity index (χ2n) is 4.65. The Morgan fingerprint density at radius 2 is 2.00 bits per heavy atom. The first-order valence-corrected chi connectivity index (χ1v) is 7.34. The number of aliphatic hydroxyl groups is 1. The van der Waals surface area contributed by atoms with Gasteiger partial charge in [0.25, 0.3) is 0 Å². The Balaban J connectivity index is 2.34. The maximum atomic E-state index is 11.2. The van der Waals surface area contributed by atoms with Gasteiger partial charge in [0.1, 0.15) is 0 Å². The van der Waals surface area contributed by atoms with E-state index in [1.165, 1.54) is 0 Å². The normalized spacial score (nSPS) is 29.3. The highest BCUT2D eigenvalue weighted by molar-refractivity contribution is 7.85. The Labute approximate surface area is 95.1 Å². The third kappa shape index (κ3) is 4.62. The van der Waals surface area contributed by atoms with Gasteiger partial charge in [-0.3, -0.25) is 4.21 Å². The van der Waals surface area contributed by atoms with Gasteiger partial charge >= 0.3 is 0 Å². The molecule has 0 aliphatic carbocycles. The van der Waals surface area contributed by atoms with Gasteiger partial charge < -0.3 is 10.4 Å². The molecule has 15 heavy (non-hydrogen) atoms. The molecule has 1 aliphatic heterocycles. The minimum Gasteiger partial charge on any atom is -0.396 e. The van der Waals surface area contributed by atoms with Crippen molar-refractivity contribution in [3.05, 3.63) is 0 Å². The van der Waals surface area contributed by atoms with E-state index in [1.54, 1.807) is 0 Å². The smallest absolute Gasteiger partial charge is 0.0445 e. The van der Waals surface area contributed by atoms with Crippen molar-refractivity contribution in [1.82, 2.24) is 5.32 Å². The van der Waals surface area contributed by atoms with E-state index < -0.39 is 10.8 Å². The minimum atomic E-state index is -0.580. The fourth-order valence-electron chi connectivity index (χ4n) is 2.01. The highest BCUT2D eigenvalue weighted by atomic mass is 32.2. The van der Waals surface area contributed by atoms with Crippen molar-refractivity contribution in [1.29, 1.82) is 0 Å². The average molecular weight is 233 g/mol. The fraction of sp³-hybridized carbons (Fsp3) is 1.00. The number of rotatable bonds is 5. The van der Waals surface area contributed by atoms with Crippen molar-refractivity contribution in [2.45, 2.75) is 45.2 Å². The molecule has 1 aliphatic rings. The molecule has 0 aromatic carbocycles. The predicted molar refractivity (Wildman–Crippen MR) is 64.4 cm³/mol. The van der Waals surface area contributed by atoms with E-state index in [0.29, 0.717) is 18.0 Å². The van der Waals surface area contributed by atoms with Crippen LogP contribution in [0.15, 0.2) is 0 Å². The largest absolute Gasteiger partial charge is 0.396 e. The van der Waals surface area contributed by atoms with Gasteiger partial charge in [0.05, 0.1) is 0 Å². The van der Waals surface area contributed by atoms with Gasteiger partial charge in [0, 0.05) is 41.0 Å². The molecule has 0 saturated carbocycles. The summed E-state index contributed by atoms with van der Waals surface area (Å²) in [7, 11) is -0.580. The summed E-state index contributed by atoms with van der Waals surface area (Å²) < 4.78 is 11.2. The lowest BCUT2D eigenvalue weighted by molar-refractivity contribution is 0.232. The number of hydrogen-bond acceptors (Lipinski definition) is 3. The molecular formula is C11H23NO2S. The molecule has 0 spiro atoms. The van der Waals surface area contributed by atoms with Crippen molar-refractivity contribution < 1.29 is 9.32 Å². The van der Waals surface area contributed by atoms with Crippen LogP contribution >= 0.6 is 0 Å². The summed E-state index contributed by atoms with van der Waals surface area (Å²) in [5.74, 6) is 2.22. The van der Waals surface area contributed by atoms with E-state index in [0.717, 1.165) is 30.8 Å². The maximum absolute atomic E-state index is 11.2. The van der Waals surface area contributed by atoms with E-state index in [9.17, 15) is 4.21 Å². The molecule has 4 heteroatoms. The second-order valence-corrected chi connectivity index (χ2v) is 6.35. The molecule has 0 aromatic rings. The van der Waals surface area contributed by atoms with Gasteiger partial charge in [-0.1, -0.05) is 13.8 Å². The molecule has 0 bridgehead atoms. The van der Waals surface area contributed by atoms with Crippen LogP contribution in [0.3, 0.4) is 0 Å². The molecule has 0 aromatic heterocycles. The first-order valence-electron chi connectivity index (χ1n) is 5.85. The molecule has 1 atom stereocenters. The highest BCUT2D eigenvalue weighted by Gasteiger charge is 2.21. The minimum absolute atomic E-state index is 0.245. The lowest BCUT2D eigenvalue weighted by Gasteiger charge is -2.30. The van der Waals surface area contributed by atoms with Crippen LogP contribution in [-0.2, 0) is 10.8 Å². The topological polar surface area (TPSA) is 49.3 Å². The van der Waals surface area contributed by atoms with E-state index in [-0.39, 0.29) is 6.61 Å². The summed E-state index contributed by atoms with van der Waals surface area (Å²) >= 11 is 0. The third-order valence-corrected chi connectivity index (χ3v) is 4.46. The van der Waals surface area contributed by atoms with Gasteiger partial charge in [-0.05, 0) is 25.2 Å². The molecule has 0 radical (unpaired) electrons. The first-order chi connectivity index (χ1) is 7.13. The van der Waals surface area contributed by atoms with Crippen molar-refractivity contribution in [2.75, 3.05) is 18.1 Å². The lowest BCUT2D eigenvalue weighted by Crippen LogP contribution is -2.44. The molecular weight excluding hydrogens is 210 g/mol. The second kappa shape index (κ2) is 6.61. The van der Waals surface area contributed by atoms with Crippen molar-refractivity contribution in [3.8, 4) is 0 Å². The molecule has 3 nitrogen and oxygen atoms in total. The molecule has 1 rings (SSSR count). The Hall–Kier alpha value is 0.0700. The van der Waals surface area contributed by atoms with Crippen LogP contribution in [0, 0.1) is 5.92 Å². The summed E-state index contributed by atoms with van der Waals surface area (Å²) in [5.41, 5.74) is 0. The zero-order chi connectivity index (χ0) is 11.3. The summed E-state index contributed by atoms with van der Waals surface area (Å²) in [6, 6.07) is 0.896. The molecule has 1 heterocycles. The summed E-state index contributed by atoms with van der Waals surface area (Å²) in [4.78, 5) is 0. The van der Waals surface area contributed by atoms with Crippen LogP contribution in [0.25, 0.3) is 0 Å². The fourth-order valence-corrected chi connectivity index (χ4v) is 3.31. The molecule has 0 amide bonds. The molecule has 1 unspecified atom stereocenters. The van der Waals surface area contributed by atoms with Gasteiger partial charge in [0.15, 0.2) is 0 Å². The average Bonchev–Trinajstić information content (AvgIpc) is 2.20. The van der Waals surface area contributed by atoms with Gasteiger partial charge in [0.2, 0.25) is 0 Å². The van der Waals surface area contributed by atoms with E-state index >= 15 is 0 Å². The highest BCUT2D eigenvalue weighted by Crippen LogP contribution is 2.13. The van der Waals surface area contributed by atoms with E-state index in [2.05, 4.69) is 19.2 Å². The SMILES string of the molecule is CC(C)C(CCO)NC1CCS(=O)CC1.